The van der Waals surface area contributed by atoms with Crippen molar-refractivity contribution in [3.63, 3.8) is 0 Å². The molecule has 9 heteroatoms. The second-order valence-electron chi connectivity index (χ2n) is 3.81. The maximum absolute atomic E-state index is 10.9. The first-order valence-corrected chi connectivity index (χ1v) is 6.24. The van der Waals surface area contributed by atoms with Crippen molar-refractivity contribution in [3.8, 4) is 0 Å². The van der Waals surface area contributed by atoms with E-state index in [9.17, 15) is 10.1 Å². The molecule has 0 aliphatic heterocycles. The smallest absolute Gasteiger partial charge is 0.312 e. The Hall–Kier alpha value is -2.03. The molecule has 0 aromatic carbocycles. The van der Waals surface area contributed by atoms with Crippen molar-refractivity contribution in [2.75, 3.05) is 11.9 Å². The Morgan fingerprint density at radius 1 is 1.58 bits per heavy atom. The van der Waals surface area contributed by atoms with Crippen molar-refractivity contribution < 1.29 is 4.92 Å². The van der Waals surface area contributed by atoms with Gasteiger partial charge in [-0.25, -0.2) is 4.98 Å². The van der Waals surface area contributed by atoms with Crippen molar-refractivity contribution in [2.24, 2.45) is 7.05 Å². The van der Waals surface area contributed by atoms with Gasteiger partial charge in [-0.05, 0) is 15.9 Å². The molecule has 0 saturated carbocycles. The summed E-state index contributed by atoms with van der Waals surface area (Å²) in [7, 11) is 1.84. The number of rotatable bonds is 5. The summed E-state index contributed by atoms with van der Waals surface area (Å²) in [4.78, 5) is 14.4. The second-order valence-corrected chi connectivity index (χ2v) is 4.73. The van der Waals surface area contributed by atoms with E-state index in [1.165, 1.54) is 12.3 Å². The number of nitro groups is 1. The van der Waals surface area contributed by atoms with E-state index in [0.717, 1.165) is 5.82 Å². The van der Waals surface area contributed by atoms with Crippen LogP contribution in [0.15, 0.2) is 23.1 Å². The lowest BCUT2D eigenvalue weighted by atomic mass is 10.3. The number of nitrogens with zero attached hydrogens (tertiary/aromatic N) is 5. The number of halogens is 1. The Bertz CT molecular complexity index is 599. The van der Waals surface area contributed by atoms with Crippen molar-refractivity contribution in [2.45, 2.75) is 6.42 Å². The van der Waals surface area contributed by atoms with E-state index >= 15 is 0 Å². The summed E-state index contributed by atoms with van der Waals surface area (Å²) >= 11 is 3.16. The molecule has 0 atom stereocenters. The maximum Gasteiger partial charge on any atom is 0.312 e. The van der Waals surface area contributed by atoms with Gasteiger partial charge in [-0.2, -0.15) is 0 Å². The molecule has 0 radical (unpaired) electrons. The van der Waals surface area contributed by atoms with Crippen LogP contribution < -0.4 is 5.32 Å². The van der Waals surface area contributed by atoms with Gasteiger partial charge >= 0.3 is 5.69 Å². The summed E-state index contributed by atoms with van der Waals surface area (Å²) in [5, 5.41) is 21.5. The number of pyridine rings is 1. The molecule has 100 valence electrons. The Balaban J connectivity index is 2.03. The lowest BCUT2D eigenvalue weighted by Gasteiger charge is -2.06. The zero-order valence-corrected chi connectivity index (χ0v) is 11.7. The first kappa shape index (κ1) is 13.4. The lowest BCUT2D eigenvalue weighted by Crippen LogP contribution is -2.11. The quantitative estimate of drug-likeness (QED) is 0.660. The van der Waals surface area contributed by atoms with Crippen LogP contribution in [0.25, 0.3) is 0 Å². The van der Waals surface area contributed by atoms with Gasteiger partial charge in [-0.3, -0.25) is 10.1 Å². The zero-order valence-electron chi connectivity index (χ0n) is 10.1. The van der Waals surface area contributed by atoms with Crippen molar-refractivity contribution >= 4 is 27.4 Å². The van der Waals surface area contributed by atoms with Crippen molar-refractivity contribution in [3.05, 3.63) is 39.0 Å². The molecule has 8 nitrogen and oxygen atoms in total. The molecule has 0 aliphatic carbocycles. The molecule has 2 heterocycles. The number of nitrogens with one attached hydrogen (secondary N) is 1. The highest BCUT2D eigenvalue weighted by molar-refractivity contribution is 9.10. The van der Waals surface area contributed by atoms with Gasteiger partial charge in [-0.1, -0.05) is 0 Å². The molecule has 19 heavy (non-hydrogen) atoms. The highest BCUT2D eigenvalue weighted by Gasteiger charge is 2.15. The van der Waals surface area contributed by atoms with Gasteiger partial charge in [0.1, 0.15) is 12.2 Å². The minimum absolute atomic E-state index is 0.0626. The molecule has 0 aliphatic rings. The molecule has 0 fully saturated rings. The van der Waals surface area contributed by atoms with Gasteiger partial charge in [0.2, 0.25) is 5.82 Å². The molecule has 2 aromatic heterocycles. The maximum atomic E-state index is 10.9. The summed E-state index contributed by atoms with van der Waals surface area (Å²) in [5.74, 6) is 1.04. The molecule has 0 unspecified atom stereocenters. The van der Waals surface area contributed by atoms with Crippen molar-refractivity contribution in [1.82, 2.24) is 19.7 Å². The minimum atomic E-state index is -0.470. The number of anilines is 1. The average Bonchev–Trinajstić information content (AvgIpc) is 2.77. The van der Waals surface area contributed by atoms with Crippen LogP contribution >= 0.6 is 15.9 Å². The van der Waals surface area contributed by atoms with E-state index in [4.69, 9.17) is 0 Å². The summed E-state index contributed by atoms with van der Waals surface area (Å²) in [6.45, 7) is 0.488. The van der Waals surface area contributed by atoms with Gasteiger partial charge < -0.3 is 9.88 Å². The van der Waals surface area contributed by atoms with Crippen LogP contribution in [0.5, 0.6) is 0 Å². The van der Waals surface area contributed by atoms with Crippen LogP contribution in [-0.4, -0.2) is 31.2 Å². The fourth-order valence-electron chi connectivity index (χ4n) is 1.53. The molecule has 0 bridgehead atoms. The van der Waals surface area contributed by atoms with Crippen LogP contribution in [-0.2, 0) is 13.5 Å². The van der Waals surface area contributed by atoms with E-state index in [1.54, 1.807) is 10.9 Å². The third-order valence-electron chi connectivity index (χ3n) is 2.48. The average molecular weight is 327 g/mol. The Morgan fingerprint density at radius 2 is 2.37 bits per heavy atom. The standard InChI is InChI=1S/C10H11BrN6O2/c1-16-6-14-15-9(16)2-3-12-10-8(17(18)19)4-7(11)5-13-10/h4-6H,2-3H2,1H3,(H,12,13). The number of aromatic nitrogens is 4. The molecular weight excluding hydrogens is 316 g/mol. The number of hydrogen-bond donors (Lipinski definition) is 1. The predicted octanol–water partition coefficient (Wildman–Crippen LogP) is 1.54. The zero-order chi connectivity index (χ0) is 13.8. The van der Waals surface area contributed by atoms with E-state index in [-0.39, 0.29) is 11.5 Å². The Kier molecular flexibility index (Phi) is 4.05. The molecule has 0 spiro atoms. The minimum Gasteiger partial charge on any atom is -0.364 e. The fourth-order valence-corrected chi connectivity index (χ4v) is 1.85. The fraction of sp³-hybridized carbons (Fsp3) is 0.300. The Labute approximate surface area is 117 Å². The van der Waals surface area contributed by atoms with E-state index < -0.39 is 4.92 Å². The van der Waals surface area contributed by atoms with Gasteiger partial charge in [0, 0.05) is 36.7 Å². The van der Waals surface area contributed by atoms with Gasteiger partial charge in [0.25, 0.3) is 0 Å². The largest absolute Gasteiger partial charge is 0.364 e. The first-order chi connectivity index (χ1) is 9.08. The lowest BCUT2D eigenvalue weighted by molar-refractivity contribution is -0.384. The molecule has 2 rings (SSSR count). The SMILES string of the molecule is Cn1cnnc1CCNc1ncc(Br)cc1[N+](=O)[O-]. The molecule has 1 N–H and O–H groups in total. The number of aryl methyl sites for hydroxylation is 1. The van der Waals surface area contributed by atoms with Gasteiger partial charge in [0.05, 0.1) is 4.92 Å². The predicted molar refractivity (Wildman–Crippen MR) is 71.8 cm³/mol. The van der Waals surface area contributed by atoms with E-state index in [1.807, 2.05) is 7.05 Å². The summed E-state index contributed by atoms with van der Waals surface area (Å²) in [5.41, 5.74) is -0.0626. The van der Waals surface area contributed by atoms with Crippen LogP contribution in [0.3, 0.4) is 0 Å². The van der Waals surface area contributed by atoms with Crippen LogP contribution in [0.1, 0.15) is 5.82 Å². The molecule has 2 aromatic rings. The summed E-state index contributed by atoms with van der Waals surface area (Å²) in [6, 6.07) is 1.41. The summed E-state index contributed by atoms with van der Waals surface area (Å²) < 4.78 is 2.36. The van der Waals surface area contributed by atoms with Crippen molar-refractivity contribution in [1.29, 1.82) is 0 Å². The van der Waals surface area contributed by atoms with Crippen LogP contribution in [0.2, 0.25) is 0 Å². The molecule has 0 amide bonds. The third-order valence-corrected chi connectivity index (χ3v) is 2.91. The number of hydrogen-bond acceptors (Lipinski definition) is 6. The second kappa shape index (κ2) is 5.74. The highest BCUT2D eigenvalue weighted by atomic mass is 79.9. The molecular formula is C10H11BrN6O2. The van der Waals surface area contributed by atoms with E-state index in [2.05, 4.69) is 36.4 Å². The first-order valence-electron chi connectivity index (χ1n) is 5.44. The van der Waals surface area contributed by atoms with Gasteiger partial charge in [0.15, 0.2) is 0 Å². The normalized spacial score (nSPS) is 10.4. The summed E-state index contributed by atoms with van der Waals surface area (Å²) in [6.07, 6.45) is 3.72. The van der Waals surface area contributed by atoms with Gasteiger partial charge in [-0.15, -0.1) is 10.2 Å². The molecule has 0 saturated heterocycles. The topological polar surface area (TPSA) is 98.8 Å². The van der Waals surface area contributed by atoms with Crippen LogP contribution in [0, 0.1) is 10.1 Å². The Morgan fingerprint density at radius 3 is 3.00 bits per heavy atom. The highest BCUT2D eigenvalue weighted by Crippen LogP contribution is 2.25. The monoisotopic (exact) mass is 326 g/mol. The van der Waals surface area contributed by atoms with Crippen LogP contribution in [0.4, 0.5) is 11.5 Å². The third kappa shape index (κ3) is 3.25. The van der Waals surface area contributed by atoms with E-state index in [0.29, 0.717) is 17.4 Å².